The fourth-order valence-corrected chi connectivity index (χ4v) is 6.14. The Hall–Kier alpha value is -6.21. The predicted octanol–water partition coefficient (Wildman–Crippen LogP) is 0.510. The van der Waals surface area contributed by atoms with Gasteiger partial charge in [-0.2, -0.15) is 0 Å². The van der Waals surface area contributed by atoms with E-state index in [1.54, 1.807) is 7.05 Å². The molecule has 0 radical (unpaired) electrons. The molecule has 2 aliphatic rings. The first-order valence-corrected chi connectivity index (χ1v) is 20.4. The van der Waals surface area contributed by atoms with Crippen LogP contribution in [0.3, 0.4) is 0 Å². The lowest BCUT2D eigenvalue weighted by Gasteiger charge is -2.31. The molecule has 19 heteroatoms. The maximum absolute atomic E-state index is 13.5. The lowest BCUT2D eigenvalue weighted by Crippen LogP contribution is -2.48. The topological polar surface area (TPSA) is 271 Å². The van der Waals surface area contributed by atoms with Gasteiger partial charge in [0.05, 0.1) is 50.8 Å². The van der Waals surface area contributed by atoms with Crippen molar-refractivity contribution < 1.29 is 53.0 Å². The molecule has 1 unspecified atom stereocenters. The molecule has 62 heavy (non-hydrogen) atoms. The fourth-order valence-electron chi connectivity index (χ4n) is 6.14. The van der Waals surface area contributed by atoms with Crippen molar-refractivity contribution in [3.63, 3.8) is 0 Å². The normalized spacial score (nSPS) is 14.4. The van der Waals surface area contributed by atoms with Gasteiger partial charge in [-0.3, -0.25) is 48.1 Å². The van der Waals surface area contributed by atoms with Crippen LogP contribution in [0.15, 0.2) is 65.8 Å². The van der Waals surface area contributed by atoms with Crippen LogP contribution in [0.2, 0.25) is 0 Å². The van der Waals surface area contributed by atoms with E-state index in [9.17, 15) is 43.2 Å². The Balaban J connectivity index is 0.00000126. The van der Waals surface area contributed by atoms with Crippen molar-refractivity contribution in [1.29, 1.82) is 0 Å². The minimum Gasteiger partial charge on any atom is -0.480 e. The summed E-state index contributed by atoms with van der Waals surface area (Å²) in [6, 6.07) is 10.1. The number of ether oxygens (including phenoxy) is 1. The van der Waals surface area contributed by atoms with Crippen LogP contribution in [0.4, 0.5) is 0 Å². The number of carbonyl (C=O) groups excluding carboxylic acids is 8. The summed E-state index contributed by atoms with van der Waals surface area (Å²) in [5, 5.41) is 25.2. The minimum absolute atomic E-state index is 0.0417. The molecule has 1 heterocycles. The molecule has 3 rings (SSSR count). The zero-order valence-electron chi connectivity index (χ0n) is 36.7. The molecule has 1 aliphatic heterocycles. The van der Waals surface area contributed by atoms with Crippen molar-refractivity contribution in [2.24, 2.45) is 5.41 Å². The van der Waals surface area contributed by atoms with Gasteiger partial charge in [-0.25, -0.2) is 0 Å². The molecular weight excluding hydrogens is 805 g/mol. The highest BCUT2D eigenvalue weighted by atomic mass is 16.5. The molecule has 342 valence electrons. The molecule has 0 aromatic heterocycles. The van der Waals surface area contributed by atoms with Crippen LogP contribution in [-0.4, -0.2) is 129 Å². The Morgan fingerprint density at radius 3 is 1.65 bits per heavy atom. The van der Waals surface area contributed by atoms with Crippen LogP contribution in [0.5, 0.6) is 0 Å². The van der Waals surface area contributed by atoms with Gasteiger partial charge in [0.2, 0.25) is 35.4 Å². The fraction of sp³-hybridized carbons (Fsp3) is 0.512. The average Bonchev–Trinajstić information content (AvgIpc) is 3.85. The quantitative estimate of drug-likeness (QED) is 0.0343. The first kappa shape index (κ1) is 53.8. The number of carboxylic acids is 1. The Morgan fingerprint density at radius 2 is 1.26 bits per heavy atom. The number of hydrogen-bond acceptors (Lipinski definition) is 11. The number of nitrogens with zero attached hydrogens (tertiary/aromatic N) is 1. The summed E-state index contributed by atoms with van der Waals surface area (Å²) in [7, 11) is 1.59. The second-order valence-electron chi connectivity index (χ2n) is 14.6. The summed E-state index contributed by atoms with van der Waals surface area (Å²) < 4.78 is 5.72. The molecule has 1 atom stereocenters. The third kappa shape index (κ3) is 20.9. The largest absolute Gasteiger partial charge is 0.480 e. The van der Waals surface area contributed by atoms with Crippen LogP contribution in [0.25, 0.3) is 0 Å². The molecule has 1 aromatic rings. The monoisotopic (exact) mass is 868 g/mol. The second-order valence-corrected chi connectivity index (χ2v) is 14.6. The first-order chi connectivity index (χ1) is 29.4. The number of carboxylic acid groups (broad SMARTS) is 1. The number of imide groups is 1. The number of hydrogen-bond donors (Lipinski definition) is 8. The summed E-state index contributed by atoms with van der Waals surface area (Å²) in [6.45, 7) is 11.9. The molecule has 8 N–H and O–H groups in total. The lowest BCUT2D eigenvalue weighted by atomic mass is 9.84. The number of amides is 8. The number of benzene rings is 1. The zero-order valence-corrected chi connectivity index (χ0v) is 36.7. The van der Waals surface area contributed by atoms with E-state index in [4.69, 9.17) is 9.84 Å². The summed E-state index contributed by atoms with van der Waals surface area (Å²) in [4.78, 5) is 107. The number of rotatable bonds is 22. The van der Waals surface area contributed by atoms with E-state index in [0.29, 0.717) is 17.7 Å². The molecule has 1 aromatic carbocycles. The zero-order chi connectivity index (χ0) is 46.7. The number of aryl methyl sites for hydroxylation is 1. The maximum Gasteiger partial charge on any atom is 0.317 e. The number of carbonyl (C=O) groups is 9. The standard InChI is InChI=1S/C33H49N7O9.C7H8.C3H7NO2/c1-6-22(5)31(21(3)4)23(7-2)39-32(48)33(12-8-9-13-33)19-49-20-38-27(44)17-36-25(42)15-34-24(41)14-35-26(43)16-37-28(45)18-40-29(46)10-11-30(40)47;1-7-5-3-2-4-6-7;1-4-2-3(5)6/h10-11,23H,3,6-9,12-20H2,1-2,4-5H3,(H,34,41)(H,35,43)(H,36,42)(H,37,45)(H,38,44)(H,39,48);2-6H,1H3;4H,2H2,1H3,(H,5,6)/b31-22-;;. The van der Waals surface area contributed by atoms with E-state index in [2.05, 4.69) is 76.7 Å². The van der Waals surface area contributed by atoms with Crippen molar-refractivity contribution in [1.82, 2.24) is 42.1 Å². The molecule has 0 bridgehead atoms. The van der Waals surface area contributed by atoms with E-state index >= 15 is 0 Å². The van der Waals surface area contributed by atoms with Crippen LogP contribution >= 0.6 is 0 Å². The molecule has 8 amide bonds. The van der Waals surface area contributed by atoms with E-state index in [1.165, 1.54) is 11.1 Å². The van der Waals surface area contributed by atoms with E-state index in [0.717, 1.165) is 49.0 Å². The van der Waals surface area contributed by atoms with Gasteiger partial charge in [0.25, 0.3) is 11.8 Å². The number of likely N-dealkylation sites (N-methyl/N-ethyl adjacent to an activating group) is 1. The molecule has 19 nitrogen and oxygen atoms in total. The molecule has 1 fully saturated rings. The van der Waals surface area contributed by atoms with Crippen molar-refractivity contribution >= 4 is 53.2 Å². The smallest absolute Gasteiger partial charge is 0.317 e. The highest BCUT2D eigenvalue weighted by Crippen LogP contribution is 2.39. The Labute approximate surface area is 363 Å². The first-order valence-electron chi connectivity index (χ1n) is 20.4. The minimum atomic E-state index is -0.822. The maximum atomic E-state index is 13.5. The Morgan fingerprint density at radius 1 is 0.774 bits per heavy atom. The molecule has 0 spiro atoms. The van der Waals surface area contributed by atoms with Crippen molar-refractivity contribution in [2.75, 3.05) is 59.7 Å². The van der Waals surface area contributed by atoms with Crippen molar-refractivity contribution in [3.8, 4) is 0 Å². The molecule has 1 aliphatic carbocycles. The number of nitrogens with one attached hydrogen (secondary N) is 7. The highest BCUT2D eigenvalue weighted by Gasteiger charge is 2.42. The highest BCUT2D eigenvalue weighted by molar-refractivity contribution is 6.14. The third-order valence-electron chi connectivity index (χ3n) is 9.56. The van der Waals surface area contributed by atoms with Crippen LogP contribution in [0.1, 0.15) is 71.8 Å². The van der Waals surface area contributed by atoms with Crippen LogP contribution in [-0.2, 0) is 47.9 Å². The van der Waals surface area contributed by atoms with Crippen molar-refractivity contribution in [3.05, 3.63) is 71.3 Å². The van der Waals surface area contributed by atoms with E-state index < -0.39 is 78.9 Å². The summed E-state index contributed by atoms with van der Waals surface area (Å²) in [5.74, 6) is -5.53. The molecule has 1 saturated carbocycles. The van der Waals surface area contributed by atoms with Gasteiger partial charge < -0.3 is 47.1 Å². The van der Waals surface area contributed by atoms with Gasteiger partial charge in [-0.1, -0.05) is 80.3 Å². The number of aliphatic carboxylic acids is 1. The molecule has 0 saturated heterocycles. The van der Waals surface area contributed by atoms with Crippen molar-refractivity contribution in [2.45, 2.75) is 79.2 Å². The summed E-state index contributed by atoms with van der Waals surface area (Å²) in [6.07, 6.45) is 6.78. The van der Waals surface area contributed by atoms with Gasteiger partial charge in [0.15, 0.2) is 0 Å². The predicted molar refractivity (Wildman–Crippen MR) is 231 cm³/mol. The Bertz CT molecular complexity index is 1770. The van der Waals surface area contributed by atoms with Gasteiger partial charge >= 0.3 is 5.97 Å². The second kappa shape index (κ2) is 29.1. The summed E-state index contributed by atoms with van der Waals surface area (Å²) >= 11 is 0. The van der Waals surface area contributed by atoms with Gasteiger partial charge in [-0.15, -0.1) is 0 Å². The van der Waals surface area contributed by atoms with Gasteiger partial charge in [-0.05, 0) is 59.1 Å². The van der Waals surface area contributed by atoms with Gasteiger partial charge in [0.1, 0.15) is 13.3 Å². The Kier molecular flexibility index (Phi) is 25.3. The lowest BCUT2D eigenvalue weighted by molar-refractivity contribution is -0.141. The number of allylic oxidation sites excluding steroid dienone is 1. The van der Waals surface area contributed by atoms with E-state index in [-0.39, 0.29) is 38.4 Å². The third-order valence-corrected chi connectivity index (χ3v) is 9.56. The molecular formula is C43H64N8O11. The summed E-state index contributed by atoms with van der Waals surface area (Å²) in [5.41, 5.74) is 3.80. The van der Waals surface area contributed by atoms with Crippen LogP contribution < -0.4 is 37.2 Å². The SMILES string of the molecule is C=C(C)/C(=C(\C)CC)C(CC)NC(=O)C1(COCNC(=O)CNC(=O)CNC(=O)CNC(=O)CNC(=O)CN2C(=O)C=CC2=O)CCCC1.CNCC(=O)O.Cc1ccccc1. The van der Waals surface area contributed by atoms with Crippen LogP contribution in [0, 0.1) is 12.3 Å². The van der Waals surface area contributed by atoms with Gasteiger partial charge in [0, 0.05) is 12.2 Å². The van der Waals surface area contributed by atoms with E-state index in [1.807, 2.05) is 32.0 Å². The average molecular weight is 869 g/mol.